The van der Waals surface area contributed by atoms with Crippen LogP contribution in [0.5, 0.6) is 0 Å². The Morgan fingerprint density at radius 3 is 2.28 bits per heavy atom. The number of benzene rings is 2. The quantitative estimate of drug-likeness (QED) is 0.314. The number of aromatic nitrogens is 2. The summed E-state index contributed by atoms with van der Waals surface area (Å²) in [6, 6.07) is 17.3. The van der Waals surface area contributed by atoms with Gasteiger partial charge in [0.05, 0.1) is 11.0 Å². The first-order valence-electron chi connectivity index (χ1n) is 12.2. The zero-order chi connectivity index (χ0) is 28.4. The first-order valence-corrected chi connectivity index (χ1v) is 13.7. The van der Waals surface area contributed by atoms with E-state index in [4.69, 9.17) is 4.74 Å². The number of anilines is 1. The number of carbonyl (C=O) groups excluding carboxylic acids is 2. The molecule has 2 aromatic carbocycles. The minimum Gasteiger partial charge on any atom is -0.444 e. The number of ether oxygens (including phenoxy) is 1. The molecule has 2 amide bonds. The number of amides is 2. The Labute approximate surface area is 226 Å². The molecule has 3 N–H and O–H groups in total. The number of nitrogens with one attached hydrogen (secondary N) is 2. The van der Waals surface area contributed by atoms with E-state index in [1.54, 1.807) is 81.6 Å². The summed E-state index contributed by atoms with van der Waals surface area (Å²) in [5, 5.41) is 15.8. The van der Waals surface area contributed by atoms with Gasteiger partial charge in [-0.3, -0.25) is 4.79 Å². The summed E-state index contributed by atoms with van der Waals surface area (Å²) in [5.74, 6) is -0.613. The van der Waals surface area contributed by atoms with E-state index in [2.05, 4.69) is 15.6 Å². The summed E-state index contributed by atoms with van der Waals surface area (Å²) in [6.07, 6.45) is 1.03. The third-order valence-corrected chi connectivity index (χ3v) is 7.44. The van der Waals surface area contributed by atoms with Gasteiger partial charge in [0.15, 0.2) is 5.65 Å². The number of nitrogens with zero attached hydrogens (tertiary/aromatic N) is 2. The Bertz CT molecular complexity index is 1590. The third-order valence-electron chi connectivity index (χ3n) is 5.76. The van der Waals surface area contributed by atoms with E-state index in [0.29, 0.717) is 16.7 Å². The lowest BCUT2D eigenvalue weighted by Crippen LogP contribution is -2.51. The van der Waals surface area contributed by atoms with Gasteiger partial charge in [-0.25, -0.2) is 22.2 Å². The average molecular weight is 551 g/mol. The van der Waals surface area contributed by atoms with Gasteiger partial charge in [-0.2, -0.15) is 0 Å². The van der Waals surface area contributed by atoms with E-state index < -0.39 is 39.8 Å². The van der Waals surface area contributed by atoms with Crippen molar-refractivity contribution in [2.75, 3.05) is 5.32 Å². The molecule has 4 rings (SSSR count). The molecule has 0 aliphatic heterocycles. The molecule has 0 fully saturated rings. The highest BCUT2D eigenvalue weighted by Crippen LogP contribution is 2.30. The molecule has 1 unspecified atom stereocenters. The van der Waals surface area contributed by atoms with Crippen LogP contribution in [0.15, 0.2) is 84.0 Å². The molecule has 39 heavy (non-hydrogen) atoms. The number of aliphatic hydroxyl groups is 1. The summed E-state index contributed by atoms with van der Waals surface area (Å²) < 4.78 is 32.7. The summed E-state index contributed by atoms with van der Waals surface area (Å²) in [7, 11) is -3.83. The molecule has 0 aliphatic carbocycles. The Balaban J connectivity index is 1.55. The first kappa shape index (κ1) is 27.8. The van der Waals surface area contributed by atoms with Crippen LogP contribution in [-0.2, 0) is 19.6 Å². The SMILES string of the molecule is CC(O)[C@@H](NC(=O)OC(C)(C)C)C(=O)Nc1ccc(-c2ccnc3c2ccn3S(=O)(=O)c2ccccc2)cc1. The topological polar surface area (TPSA) is 140 Å². The van der Waals surface area contributed by atoms with Crippen LogP contribution in [0.2, 0.25) is 0 Å². The van der Waals surface area contributed by atoms with Crippen LogP contribution in [0.1, 0.15) is 27.7 Å². The molecule has 204 valence electrons. The first-order chi connectivity index (χ1) is 18.4. The van der Waals surface area contributed by atoms with Gasteiger partial charge in [-0.1, -0.05) is 30.3 Å². The summed E-state index contributed by atoms with van der Waals surface area (Å²) in [6.45, 7) is 6.47. The summed E-state index contributed by atoms with van der Waals surface area (Å²) in [4.78, 5) is 29.4. The number of hydrogen-bond donors (Lipinski definition) is 3. The molecule has 4 aromatic rings. The van der Waals surface area contributed by atoms with Gasteiger partial charge in [-0.05, 0) is 75.2 Å². The van der Waals surface area contributed by atoms with Gasteiger partial charge >= 0.3 is 6.09 Å². The Morgan fingerprint density at radius 2 is 1.67 bits per heavy atom. The predicted molar refractivity (Wildman–Crippen MR) is 148 cm³/mol. The zero-order valence-corrected chi connectivity index (χ0v) is 22.8. The predicted octanol–water partition coefficient (Wildman–Crippen LogP) is 4.15. The van der Waals surface area contributed by atoms with Gasteiger partial charge in [0.1, 0.15) is 11.6 Å². The molecule has 0 saturated carbocycles. The fourth-order valence-electron chi connectivity index (χ4n) is 3.96. The van der Waals surface area contributed by atoms with Crippen molar-refractivity contribution in [2.24, 2.45) is 0 Å². The number of pyridine rings is 1. The zero-order valence-electron chi connectivity index (χ0n) is 22.0. The van der Waals surface area contributed by atoms with E-state index in [1.807, 2.05) is 0 Å². The molecule has 0 radical (unpaired) electrons. The van der Waals surface area contributed by atoms with Crippen LogP contribution in [0.25, 0.3) is 22.2 Å². The highest BCUT2D eigenvalue weighted by atomic mass is 32.2. The fourth-order valence-corrected chi connectivity index (χ4v) is 5.28. The van der Waals surface area contributed by atoms with E-state index in [-0.39, 0.29) is 4.90 Å². The van der Waals surface area contributed by atoms with Gasteiger partial charge in [-0.15, -0.1) is 0 Å². The van der Waals surface area contributed by atoms with Crippen LogP contribution in [-0.4, -0.2) is 52.2 Å². The molecule has 0 aliphatic rings. The summed E-state index contributed by atoms with van der Waals surface area (Å²) in [5.41, 5.74) is 1.50. The van der Waals surface area contributed by atoms with Crippen LogP contribution in [0, 0.1) is 0 Å². The van der Waals surface area contributed by atoms with Gasteiger partial charge in [0.2, 0.25) is 5.91 Å². The molecule has 0 saturated heterocycles. The van der Waals surface area contributed by atoms with Crippen LogP contribution in [0.4, 0.5) is 10.5 Å². The minimum atomic E-state index is -3.83. The van der Waals surface area contributed by atoms with Crippen molar-refractivity contribution in [3.63, 3.8) is 0 Å². The number of rotatable bonds is 7. The molecule has 0 bridgehead atoms. The molecule has 2 atom stereocenters. The second-order valence-corrected chi connectivity index (χ2v) is 11.8. The molecular weight excluding hydrogens is 520 g/mol. The monoisotopic (exact) mass is 550 g/mol. The van der Waals surface area contributed by atoms with Gasteiger partial charge < -0.3 is 20.5 Å². The van der Waals surface area contributed by atoms with Crippen molar-refractivity contribution in [3.8, 4) is 11.1 Å². The number of aliphatic hydroxyl groups excluding tert-OH is 1. The van der Waals surface area contributed by atoms with E-state index >= 15 is 0 Å². The smallest absolute Gasteiger partial charge is 0.408 e. The third kappa shape index (κ3) is 6.27. The maximum absolute atomic E-state index is 13.2. The van der Waals surface area contributed by atoms with E-state index in [0.717, 1.165) is 15.1 Å². The van der Waals surface area contributed by atoms with Crippen molar-refractivity contribution < 1.29 is 27.9 Å². The highest BCUT2D eigenvalue weighted by molar-refractivity contribution is 7.90. The van der Waals surface area contributed by atoms with Gasteiger partial charge in [0.25, 0.3) is 10.0 Å². The van der Waals surface area contributed by atoms with Crippen LogP contribution >= 0.6 is 0 Å². The van der Waals surface area contributed by atoms with Crippen molar-refractivity contribution in [1.29, 1.82) is 0 Å². The number of fused-ring (bicyclic) bond motifs is 1. The van der Waals surface area contributed by atoms with Crippen molar-refractivity contribution in [1.82, 2.24) is 14.3 Å². The largest absolute Gasteiger partial charge is 0.444 e. The lowest BCUT2D eigenvalue weighted by Gasteiger charge is -2.24. The molecule has 0 spiro atoms. The maximum Gasteiger partial charge on any atom is 0.408 e. The van der Waals surface area contributed by atoms with Crippen molar-refractivity contribution >= 4 is 38.7 Å². The lowest BCUT2D eigenvalue weighted by atomic mass is 10.0. The summed E-state index contributed by atoms with van der Waals surface area (Å²) >= 11 is 0. The molecule has 2 aromatic heterocycles. The van der Waals surface area contributed by atoms with Crippen molar-refractivity contribution in [2.45, 2.75) is 50.3 Å². The Kier molecular flexibility index (Phi) is 7.75. The average Bonchev–Trinajstić information content (AvgIpc) is 3.32. The number of alkyl carbamates (subject to hydrolysis) is 1. The van der Waals surface area contributed by atoms with Crippen LogP contribution < -0.4 is 10.6 Å². The maximum atomic E-state index is 13.2. The molecule has 2 heterocycles. The molecule has 10 nitrogen and oxygen atoms in total. The molecule has 11 heteroatoms. The van der Waals surface area contributed by atoms with Crippen LogP contribution in [0.3, 0.4) is 0 Å². The Hall–Kier alpha value is -4.22. The lowest BCUT2D eigenvalue weighted by molar-refractivity contribution is -0.120. The fraction of sp³-hybridized carbons (Fsp3) is 0.250. The second kappa shape index (κ2) is 10.9. The second-order valence-electron chi connectivity index (χ2n) is 9.96. The van der Waals surface area contributed by atoms with Gasteiger partial charge in [0, 0.05) is 23.5 Å². The number of carbonyl (C=O) groups is 2. The van der Waals surface area contributed by atoms with E-state index in [9.17, 15) is 23.1 Å². The highest BCUT2D eigenvalue weighted by Gasteiger charge is 2.28. The minimum absolute atomic E-state index is 0.159. The van der Waals surface area contributed by atoms with Crippen molar-refractivity contribution in [3.05, 3.63) is 79.1 Å². The Morgan fingerprint density at radius 1 is 1.00 bits per heavy atom. The number of hydrogen-bond acceptors (Lipinski definition) is 7. The van der Waals surface area contributed by atoms with E-state index in [1.165, 1.54) is 25.3 Å². The molecular formula is C28H30N4O6S. The normalized spacial score (nSPS) is 13.5. The standard InChI is InChI=1S/C28H30N4O6S/c1-18(33)24(31-27(35)38-28(2,3)4)26(34)30-20-12-10-19(11-13-20)22-14-16-29-25-23(22)15-17-32(25)39(36,37)21-8-6-5-7-9-21/h5-18,24,33H,1-4H3,(H,30,34)(H,31,35)/t18?,24-/m1/s1.